The first kappa shape index (κ1) is 24.3. The van der Waals surface area contributed by atoms with Gasteiger partial charge in [-0.3, -0.25) is 9.48 Å². The highest BCUT2D eigenvalue weighted by Gasteiger charge is 2.14. The van der Waals surface area contributed by atoms with E-state index in [0.717, 1.165) is 22.4 Å². The molecular weight excluding hydrogens is 493 g/mol. The molecule has 0 unspecified atom stereocenters. The molecule has 0 spiro atoms. The number of nitrogens with zero attached hydrogens (tertiary/aromatic N) is 4. The van der Waals surface area contributed by atoms with Crippen molar-refractivity contribution in [3.63, 3.8) is 0 Å². The van der Waals surface area contributed by atoms with Gasteiger partial charge in [-0.15, -0.1) is 0 Å². The first-order valence-electron chi connectivity index (χ1n) is 11.6. The largest absolute Gasteiger partial charge is 0.471 e. The zero-order chi connectivity index (χ0) is 25.8. The van der Waals surface area contributed by atoms with Crippen molar-refractivity contribution in [1.29, 1.82) is 0 Å². The van der Waals surface area contributed by atoms with E-state index in [-0.39, 0.29) is 12.4 Å². The average Bonchev–Trinajstić information content (AvgIpc) is 3.52. The number of anilines is 1. The van der Waals surface area contributed by atoms with Crippen molar-refractivity contribution >= 4 is 23.3 Å². The molecule has 1 amide bonds. The van der Waals surface area contributed by atoms with Crippen molar-refractivity contribution in [3.05, 3.63) is 119 Å². The Kier molecular flexibility index (Phi) is 7.00. The van der Waals surface area contributed by atoms with Crippen LogP contribution in [0.3, 0.4) is 0 Å². The summed E-state index contributed by atoms with van der Waals surface area (Å²) < 4.78 is 22.3. The molecule has 0 bridgehead atoms. The fourth-order valence-corrected chi connectivity index (χ4v) is 4.02. The molecule has 0 aliphatic carbocycles. The minimum Gasteiger partial charge on any atom is -0.471 e. The van der Waals surface area contributed by atoms with Crippen molar-refractivity contribution in [3.8, 4) is 16.9 Å². The van der Waals surface area contributed by atoms with Gasteiger partial charge in [0.25, 0.3) is 5.91 Å². The van der Waals surface area contributed by atoms with E-state index in [0.29, 0.717) is 23.1 Å². The van der Waals surface area contributed by atoms with Gasteiger partial charge in [-0.05, 0) is 53.9 Å². The standard InChI is InChI=1S/C28H23ClFN5O2/c1-19-15-27(33-35(19)17-22-7-10-23(30)16-25(22)29)31-28(36)26-13-14-34(32-26)18-37-24-11-8-21(9-12-24)20-5-3-2-4-6-20/h2-16H,17-18H2,1H3,(H,31,33,36). The van der Waals surface area contributed by atoms with Crippen LogP contribution in [0.1, 0.15) is 21.7 Å². The average molecular weight is 516 g/mol. The van der Waals surface area contributed by atoms with Crippen molar-refractivity contribution < 1.29 is 13.9 Å². The van der Waals surface area contributed by atoms with E-state index >= 15 is 0 Å². The summed E-state index contributed by atoms with van der Waals surface area (Å²) >= 11 is 6.13. The number of aromatic nitrogens is 4. The van der Waals surface area contributed by atoms with Gasteiger partial charge in [0, 0.05) is 23.0 Å². The Labute approximate surface area is 218 Å². The maximum atomic E-state index is 13.3. The third-order valence-electron chi connectivity index (χ3n) is 5.76. The number of carbonyl (C=O) groups excluding carboxylic acids is 1. The van der Waals surface area contributed by atoms with E-state index in [9.17, 15) is 9.18 Å². The Bertz CT molecular complexity index is 1530. The zero-order valence-corrected chi connectivity index (χ0v) is 20.7. The number of hydrogen-bond donors (Lipinski definition) is 1. The van der Waals surface area contributed by atoms with Gasteiger partial charge in [0.15, 0.2) is 18.2 Å². The lowest BCUT2D eigenvalue weighted by Gasteiger charge is -2.07. The Morgan fingerprint density at radius 2 is 1.73 bits per heavy atom. The van der Waals surface area contributed by atoms with Crippen LogP contribution in [-0.2, 0) is 13.3 Å². The molecule has 7 nitrogen and oxygen atoms in total. The van der Waals surface area contributed by atoms with Gasteiger partial charge in [0.2, 0.25) is 0 Å². The van der Waals surface area contributed by atoms with Crippen LogP contribution in [0.4, 0.5) is 10.2 Å². The summed E-state index contributed by atoms with van der Waals surface area (Å²) in [6, 6.07) is 25.5. The zero-order valence-electron chi connectivity index (χ0n) is 19.9. The van der Waals surface area contributed by atoms with Gasteiger partial charge < -0.3 is 10.1 Å². The summed E-state index contributed by atoms with van der Waals surface area (Å²) in [6.45, 7) is 2.36. The molecule has 37 heavy (non-hydrogen) atoms. The van der Waals surface area contributed by atoms with Gasteiger partial charge in [0.05, 0.1) is 6.54 Å². The summed E-state index contributed by atoms with van der Waals surface area (Å²) in [5.41, 5.74) is 4.01. The summed E-state index contributed by atoms with van der Waals surface area (Å²) in [6.07, 6.45) is 1.67. The number of amides is 1. The van der Waals surface area contributed by atoms with Crippen LogP contribution in [0.15, 0.2) is 91.1 Å². The van der Waals surface area contributed by atoms with Crippen molar-refractivity contribution in [2.75, 3.05) is 5.32 Å². The summed E-state index contributed by atoms with van der Waals surface area (Å²) in [7, 11) is 0. The normalized spacial score (nSPS) is 10.9. The second kappa shape index (κ2) is 10.7. The molecule has 0 saturated carbocycles. The highest BCUT2D eigenvalue weighted by molar-refractivity contribution is 6.31. The van der Waals surface area contributed by atoms with E-state index in [1.165, 1.54) is 12.1 Å². The minimum absolute atomic E-state index is 0.157. The Morgan fingerprint density at radius 1 is 0.973 bits per heavy atom. The van der Waals surface area contributed by atoms with Crippen LogP contribution < -0.4 is 10.1 Å². The Morgan fingerprint density at radius 3 is 2.49 bits per heavy atom. The highest BCUT2D eigenvalue weighted by atomic mass is 35.5. The van der Waals surface area contributed by atoms with Crippen molar-refractivity contribution in [2.24, 2.45) is 0 Å². The highest BCUT2D eigenvalue weighted by Crippen LogP contribution is 2.23. The van der Waals surface area contributed by atoms with Crippen LogP contribution in [0.25, 0.3) is 11.1 Å². The first-order chi connectivity index (χ1) is 17.9. The summed E-state index contributed by atoms with van der Waals surface area (Å²) in [5, 5.41) is 11.8. The minimum atomic E-state index is -0.398. The molecule has 0 radical (unpaired) electrons. The summed E-state index contributed by atoms with van der Waals surface area (Å²) in [4.78, 5) is 12.7. The molecule has 1 N–H and O–H groups in total. The molecule has 2 aromatic heterocycles. The van der Waals surface area contributed by atoms with Gasteiger partial charge in [-0.2, -0.15) is 10.2 Å². The smallest absolute Gasteiger partial charge is 0.277 e. The second-order valence-corrected chi connectivity index (χ2v) is 8.83. The molecule has 186 valence electrons. The lowest BCUT2D eigenvalue weighted by Crippen LogP contribution is -2.15. The topological polar surface area (TPSA) is 74.0 Å². The maximum absolute atomic E-state index is 13.3. The number of nitrogens with one attached hydrogen (secondary N) is 1. The predicted octanol–water partition coefficient (Wildman–Crippen LogP) is 6.18. The molecule has 9 heteroatoms. The van der Waals surface area contributed by atoms with Crippen molar-refractivity contribution in [1.82, 2.24) is 19.6 Å². The molecule has 5 aromatic rings. The predicted molar refractivity (Wildman–Crippen MR) is 140 cm³/mol. The van der Waals surface area contributed by atoms with E-state index in [1.807, 2.05) is 49.4 Å². The van der Waals surface area contributed by atoms with E-state index in [1.54, 1.807) is 33.8 Å². The maximum Gasteiger partial charge on any atom is 0.277 e. The monoisotopic (exact) mass is 515 g/mol. The molecule has 0 saturated heterocycles. The fourth-order valence-electron chi connectivity index (χ4n) is 3.79. The molecular formula is C28H23ClFN5O2. The van der Waals surface area contributed by atoms with Crippen LogP contribution in [0.2, 0.25) is 5.02 Å². The van der Waals surface area contributed by atoms with Crippen LogP contribution >= 0.6 is 11.6 Å². The number of hydrogen-bond acceptors (Lipinski definition) is 4. The summed E-state index contributed by atoms with van der Waals surface area (Å²) in [5.74, 6) is 0.286. The van der Waals surface area contributed by atoms with Crippen LogP contribution in [0, 0.1) is 12.7 Å². The second-order valence-electron chi connectivity index (χ2n) is 8.42. The van der Waals surface area contributed by atoms with Gasteiger partial charge in [0.1, 0.15) is 11.6 Å². The molecule has 3 aromatic carbocycles. The molecule has 0 aliphatic rings. The Hall–Kier alpha value is -4.43. The molecule has 0 fully saturated rings. The third-order valence-corrected chi connectivity index (χ3v) is 6.11. The lowest BCUT2D eigenvalue weighted by atomic mass is 10.1. The van der Waals surface area contributed by atoms with Crippen LogP contribution in [0.5, 0.6) is 5.75 Å². The number of benzene rings is 3. The van der Waals surface area contributed by atoms with E-state index in [4.69, 9.17) is 16.3 Å². The number of rotatable bonds is 8. The lowest BCUT2D eigenvalue weighted by molar-refractivity contribution is 0.101. The van der Waals surface area contributed by atoms with Gasteiger partial charge in [-0.1, -0.05) is 60.1 Å². The van der Waals surface area contributed by atoms with Crippen LogP contribution in [-0.4, -0.2) is 25.5 Å². The van der Waals surface area contributed by atoms with E-state index < -0.39 is 11.7 Å². The molecule has 2 heterocycles. The van der Waals surface area contributed by atoms with Gasteiger partial charge in [-0.25, -0.2) is 9.07 Å². The fraction of sp³-hybridized carbons (Fsp3) is 0.107. The van der Waals surface area contributed by atoms with Gasteiger partial charge >= 0.3 is 0 Å². The number of aryl methyl sites for hydroxylation is 1. The van der Waals surface area contributed by atoms with E-state index in [2.05, 4.69) is 27.6 Å². The number of carbonyl (C=O) groups is 1. The number of halogens is 2. The molecule has 0 aliphatic heterocycles. The molecule has 0 atom stereocenters. The Balaban J connectivity index is 1.17. The molecule has 5 rings (SSSR count). The SMILES string of the molecule is Cc1cc(NC(=O)c2ccn(COc3ccc(-c4ccccc4)cc3)n2)nn1Cc1ccc(F)cc1Cl. The quantitative estimate of drug-likeness (QED) is 0.267. The first-order valence-corrected chi connectivity index (χ1v) is 11.9. The van der Waals surface area contributed by atoms with Crippen molar-refractivity contribution in [2.45, 2.75) is 20.2 Å². The third kappa shape index (κ3) is 5.87. The number of ether oxygens (including phenoxy) is 1.